The van der Waals surface area contributed by atoms with Crippen LogP contribution in [0.3, 0.4) is 0 Å². The molecule has 1 heterocycles. The quantitative estimate of drug-likeness (QED) is 0.863. The van der Waals surface area contributed by atoms with E-state index in [1.165, 1.54) is 6.92 Å². The fraction of sp³-hybridized carbons (Fsp3) is 0.500. The lowest BCUT2D eigenvalue weighted by Crippen LogP contribution is -2.36. The third-order valence-electron chi connectivity index (χ3n) is 3.36. The van der Waals surface area contributed by atoms with Gasteiger partial charge in [-0.25, -0.2) is 17.9 Å². The first kappa shape index (κ1) is 14.6. The first-order valence-electron chi connectivity index (χ1n) is 6.11. The van der Waals surface area contributed by atoms with Crippen LogP contribution < -0.4 is 4.72 Å². The Labute approximate surface area is 116 Å². The van der Waals surface area contributed by atoms with E-state index in [4.69, 9.17) is 14.8 Å². The molecular weight excluding hydrogens is 284 g/mol. The minimum Gasteiger partial charge on any atom is -0.475 e. The van der Waals surface area contributed by atoms with Gasteiger partial charge in [-0.3, -0.25) is 0 Å². The van der Waals surface area contributed by atoms with Gasteiger partial charge in [-0.05, 0) is 19.8 Å². The van der Waals surface area contributed by atoms with Crippen LogP contribution in [0.25, 0.3) is 0 Å². The SMILES string of the molecule is Cc1oc(C(=O)O)cc1S(=O)(=O)NC1CCCC1C#N. The van der Waals surface area contributed by atoms with E-state index in [9.17, 15) is 13.2 Å². The first-order valence-corrected chi connectivity index (χ1v) is 7.59. The van der Waals surface area contributed by atoms with Crippen LogP contribution in [0.5, 0.6) is 0 Å². The number of nitrogens with zero attached hydrogens (tertiary/aromatic N) is 1. The summed E-state index contributed by atoms with van der Waals surface area (Å²) in [7, 11) is -3.89. The van der Waals surface area contributed by atoms with Gasteiger partial charge < -0.3 is 9.52 Å². The summed E-state index contributed by atoms with van der Waals surface area (Å²) < 4.78 is 31.8. The number of aromatic carboxylic acids is 1. The van der Waals surface area contributed by atoms with Crippen LogP contribution in [0.4, 0.5) is 0 Å². The molecule has 0 amide bonds. The lowest BCUT2D eigenvalue weighted by molar-refractivity contribution is 0.0661. The number of hydrogen-bond acceptors (Lipinski definition) is 5. The summed E-state index contributed by atoms with van der Waals surface area (Å²) in [5.41, 5.74) is 0. The fourth-order valence-electron chi connectivity index (χ4n) is 2.36. The maximum absolute atomic E-state index is 12.2. The first-order chi connectivity index (χ1) is 9.35. The number of carboxylic acids is 1. The fourth-order valence-corrected chi connectivity index (χ4v) is 3.85. The predicted molar refractivity (Wildman–Crippen MR) is 67.5 cm³/mol. The lowest BCUT2D eigenvalue weighted by Gasteiger charge is -2.15. The molecule has 1 aromatic heterocycles. The third-order valence-corrected chi connectivity index (χ3v) is 4.96. The molecule has 20 heavy (non-hydrogen) atoms. The molecule has 1 saturated carbocycles. The molecule has 7 nitrogen and oxygen atoms in total. The van der Waals surface area contributed by atoms with E-state index in [0.717, 1.165) is 12.5 Å². The van der Waals surface area contributed by atoms with E-state index < -0.39 is 27.8 Å². The number of hydrogen-bond donors (Lipinski definition) is 2. The van der Waals surface area contributed by atoms with Crippen molar-refractivity contribution in [2.45, 2.75) is 37.1 Å². The molecule has 0 aliphatic heterocycles. The Bertz CT molecular complexity index is 671. The highest BCUT2D eigenvalue weighted by Crippen LogP contribution is 2.27. The zero-order valence-corrected chi connectivity index (χ0v) is 11.6. The molecule has 108 valence electrons. The maximum atomic E-state index is 12.2. The van der Waals surface area contributed by atoms with Crippen molar-refractivity contribution >= 4 is 16.0 Å². The average Bonchev–Trinajstić information content (AvgIpc) is 2.95. The van der Waals surface area contributed by atoms with Crippen molar-refractivity contribution in [2.75, 3.05) is 0 Å². The highest BCUT2D eigenvalue weighted by Gasteiger charge is 2.33. The van der Waals surface area contributed by atoms with Crippen molar-refractivity contribution in [1.82, 2.24) is 4.72 Å². The average molecular weight is 298 g/mol. The summed E-state index contributed by atoms with van der Waals surface area (Å²) in [5.74, 6) is -2.09. The van der Waals surface area contributed by atoms with Gasteiger partial charge in [-0.1, -0.05) is 6.42 Å². The summed E-state index contributed by atoms with van der Waals surface area (Å²) in [4.78, 5) is 10.6. The zero-order valence-electron chi connectivity index (χ0n) is 10.8. The largest absolute Gasteiger partial charge is 0.475 e. The van der Waals surface area contributed by atoms with Crippen molar-refractivity contribution in [1.29, 1.82) is 5.26 Å². The number of carboxylic acid groups (broad SMARTS) is 1. The Morgan fingerprint density at radius 3 is 2.80 bits per heavy atom. The molecule has 2 N–H and O–H groups in total. The number of nitriles is 1. The number of aryl methyl sites for hydroxylation is 1. The van der Waals surface area contributed by atoms with Gasteiger partial charge in [0, 0.05) is 12.1 Å². The molecule has 1 fully saturated rings. The van der Waals surface area contributed by atoms with E-state index in [-0.39, 0.29) is 16.6 Å². The number of carbonyl (C=O) groups is 1. The highest BCUT2D eigenvalue weighted by molar-refractivity contribution is 7.89. The van der Waals surface area contributed by atoms with Crippen LogP contribution in [0, 0.1) is 24.2 Å². The van der Waals surface area contributed by atoms with Crippen LogP contribution in [0.15, 0.2) is 15.4 Å². The van der Waals surface area contributed by atoms with Gasteiger partial charge in [0.2, 0.25) is 15.8 Å². The summed E-state index contributed by atoms with van der Waals surface area (Å²) in [5, 5.41) is 17.8. The van der Waals surface area contributed by atoms with Crippen LogP contribution in [0.2, 0.25) is 0 Å². The molecule has 8 heteroatoms. The van der Waals surface area contributed by atoms with Crippen molar-refractivity contribution in [3.05, 3.63) is 17.6 Å². The Hall–Kier alpha value is -1.85. The number of furan rings is 1. The van der Waals surface area contributed by atoms with Crippen LogP contribution in [-0.2, 0) is 10.0 Å². The van der Waals surface area contributed by atoms with Gasteiger partial charge in [0.05, 0.1) is 12.0 Å². The number of nitrogens with one attached hydrogen (secondary N) is 1. The van der Waals surface area contributed by atoms with Crippen LogP contribution in [-0.4, -0.2) is 25.5 Å². The van der Waals surface area contributed by atoms with Crippen molar-refractivity contribution in [3.8, 4) is 6.07 Å². The minimum absolute atomic E-state index is 0.0152. The normalized spacial score (nSPS) is 22.6. The second-order valence-corrected chi connectivity index (χ2v) is 6.41. The molecule has 0 radical (unpaired) electrons. The summed E-state index contributed by atoms with van der Waals surface area (Å²) in [6.07, 6.45) is 2.05. The van der Waals surface area contributed by atoms with Crippen molar-refractivity contribution < 1.29 is 22.7 Å². The Morgan fingerprint density at radius 2 is 2.25 bits per heavy atom. The molecular formula is C12H14N2O5S. The molecule has 0 bridgehead atoms. The lowest BCUT2D eigenvalue weighted by atomic mass is 10.1. The molecule has 0 saturated heterocycles. The molecule has 0 spiro atoms. The van der Waals surface area contributed by atoms with E-state index in [1.54, 1.807) is 0 Å². The van der Waals surface area contributed by atoms with Gasteiger partial charge in [0.25, 0.3) is 0 Å². The number of rotatable bonds is 4. The van der Waals surface area contributed by atoms with Gasteiger partial charge in [-0.15, -0.1) is 0 Å². The molecule has 1 aliphatic carbocycles. The smallest absolute Gasteiger partial charge is 0.371 e. The Kier molecular flexibility index (Phi) is 3.83. The summed E-state index contributed by atoms with van der Waals surface area (Å²) in [6, 6.07) is 2.63. The number of sulfonamides is 1. The zero-order chi connectivity index (χ0) is 14.9. The van der Waals surface area contributed by atoms with Gasteiger partial charge in [0.1, 0.15) is 10.7 Å². The standard InChI is InChI=1S/C12H14N2O5S/c1-7-11(5-10(19-7)12(15)16)20(17,18)14-9-4-2-3-8(9)6-13/h5,8-9,14H,2-4H2,1H3,(H,15,16). The molecule has 1 aromatic rings. The van der Waals surface area contributed by atoms with Crippen molar-refractivity contribution in [3.63, 3.8) is 0 Å². The van der Waals surface area contributed by atoms with Crippen LogP contribution >= 0.6 is 0 Å². The molecule has 0 aromatic carbocycles. The van der Waals surface area contributed by atoms with Gasteiger partial charge in [-0.2, -0.15) is 5.26 Å². The second kappa shape index (κ2) is 5.26. The predicted octanol–water partition coefficient (Wildman–Crippen LogP) is 1.26. The van der Waals surface area contributed by atoms with E-state index in [1.807, 2.05) is 0 Å². The molecule has 2 rings (SSSR count). The van der Waals surface area contributed by atoms with E-state index in [2.05, 4.69) is 10.8 Å². The Morgan fingerprint density at radius 1 is 1.55 bits per heavy atom. The molecule has 1 aliphatic rings. The highest BCUT2D eigenvalue weighted by atomic mass is 32.2. The maximum Gasteiger partial charge on any atom is 0.371 e. The topological polar surface area (TPSA) is 120 Å². The summed E-state index contributed by atoms with van der Waals surface area (Å²) in [6.45, 7) is 1.39. The van der Waals surface area contributed by atoms with Gasteiger partial charge >= 0.3 is 5.97 Å². The molecule has 2 atom stereocenters. The minimum atomic E-state index is -3.89. The second-order valence-electron chi connectivity index (χ2n) is 4.73. The third kappa shape index (κ3) is 2.69. The van der Waals surface area contributed by atoms with Gasteiger partial charge in [0.15, 0.2) is 0 Å². The monoisotopic (exact) mass is 298 g/mol. The summed E-state index contributed by atoms with van der Waals surface area (Å²) >= 11 is 0. The van der Waals surface area contributed by atoms with Crippen molar-refractivity contribution in [2.24, 2.45) is 5.92 Å². The van der Waals surface area contributed by atoms with E-state index >= 15 is 0 Å². The van der Waals surface area contributed by atoms with E-state index in [0.29, 0.717) is 12.8 Å². The van der Waals surface area contributed by atoms with Crippen LogP contribution in [0.1, 0.15) is 35.6 Å². The Balaban J connectivity index is 2.27. The molecule has 2 unspecified atom stereocenters.